The molecular formula is C53H88ClFN6O13. The van der Waals surface area contributed by atoms with Crippen LogP contribution < -0.4 is 5.32 Å². The summed E-state index contributed by atoms with van der Waals surface area (Å²) in [7, 11) is 6.88. The van der Waals surface area contributed by atoms with Crippen molar-refractivity contribution in [3.05, 3.63) is 41.7 Å². The molecule has 21 heteroatoms. The molecule has 19 nitrogen and oxygen atoms in total. The van der Waals surface area contributed by atoms with Crippen molar-refractivity contribution in [2.45, 2.75) is 204 Å². The Morgan fingerprint density at radius 2 is 1.68 bits per heavy atom. The molecule has 3 aliphatic heterocycles. The summed E-state index contributed by atoms with van der Waals surface area (Å²) in [6.07, 6.45) is -4.89. The molecular weight excluding hydrogens is 983 g/mol. The summed E-state index contributed by atoms with van der Waals surface area (Å²) in [4.78, 5) is 30.4. The highest BCUT2D eigenvalue weighted by Gasteiger charge is 2.52. The van der Waals surface area contributed by atoms with E-state index in [1.165, 1.54) is 25.8 Å². The van der Waals surface area contributed by atoms with Gasteiger partial charge in [-0.1, -0.05) is 38.1 Å². The Bertz CT molecular complexity index is 2070. The number of carbonyl (C=O) groups excluding carboxylic acids is 2. The van der Waals surface area contributed by atoms with E-state index < -0.39 is 109 Å². The fourth-order valence-electron chi connectivity index (χ4n) is 11.4. The van der Waals surface area contributed by atoms with Crippen LogP contribution in [0.5, 0.6) is 0 Å². The van der Waals surface area contributed by atoms with Crippen LogP contribution in [0.1, 0.15) is 125 Å². The number of carbonyl (C=O) groups is 2. The Kier molecular flexibility index (Phi) is 22.2. The van der Waals surface area contributed by atoms with Crippen LogP contribution in [-0.2, 0) is 49.2 Å². The monoisotopic (exact) mass is 1070 g/mol. The van der Waals surface area contributed by atoms with E-state index in [-0.39, 0.29) is 49.1 Å². The molecule has 1 aromatic heterocycles. The van der Waals surface area contributed by atoms with Crippen LogP contribution in [0.2, 0.25) is 0 Å². The number of ether oxygens (including phenoxy) is 7. The van der Waals surface area contributed by atoms with E-state index in [0.717, 1.165) is 0 Å². The topological polar surface area (TPSA) is 229 Å². The van der Waals surface area contributed by atoms with Crippen LogP contribution in [0.3, 0.4) is 0 Å². The smallest absolute Gasteiger partial charge is 0.311 e. The van der Waals surface area contributed by atoms with Gasteiger partial charge in [-0.15, -0.1) is 16.7 Å². The first-order valence-electron chi connectivity index (χ1n) is 26.3. The van der Waals surface area contributed by atoms with Crippen LogP contribution in [0.4, 0.5) is 10.1 Å². The largest absolute Gasteiger partial charge is 0.459 e. The molecule has 74 heavy (non-hydrogen) atoms. The Balaban J connectivity index is 1.40. The number of halogens is 2. The number of rotatable bonds is 17. The fourth-order valence-corrected chi connectivity index (χ4v) is 11.5. The number of cyclic esters (lactones) is 1. The van der Waals surface area contributed by atoms with Gasteiger partial charge in [0, 0.05) is 76.5 Å². The Labute approximate surface area is 443 Å². The van der Waals surface area contributed by atoms with Crippen molar-refractivity contribution in [2.75, 3.05) is 59.3 Å². The lowest BCUT2D eigenvalue weighted by Crippen LogP contribution is -2.59. The van der Waals surface area contributed by atoms with Crippen molar-refractivity contribution in [1.82, 2.24) is 24.8 Å². The maximum Gasteiger partial charge on any atom is 0.311 e. The van der Waals surface area contributed by atoms with E-state index in [0.29, 0.717) is 49.3 Å². The average molecular weight is 1070 g/mol. The highest BCUT2D eigenvalue weighted by molar-refractivity contribution is 6.29. The molecule has 0 bridgehead atoms. The number of hydrogen-bond donors (Lipinski definition) is 5. The van der Waals surface area contributed by atoms with Gasteiger partial charge in [0.25, 0.3) is 0 Å². The number of aromatic nitrogens is 3. The second-order valence-corrected chi connectivity index (χ2v) is 22.5. The number of anilines is 1. The maximum atomic E-state index is 14.8. The summed E-state index contributed by atoms with van der Waals surface area (Å²) in [5, 5.41) is 58.9. The first kappa shape index (κ1) is 61.9. The SMILES string of the molecule is CC[C@H]1OC(=O)[C@H](C)[C@@H](O[C@H]2C[C@@](C)(OC)[C@@H](O)[C@H](C)O2)[C@H](C)[C@@H](O[C@H]2C[C@@H](N(C)CCc3cn([C@H](CF)[C@H](OC)c4ccc(NC(=O)CCl)cc4)nn3)C[C@@H](C)O2)[C@](C)(O)C[C@@H](C)CN(C)[C@H](C)[C@@H](O)[C@]1(C)O. The van der Waals surface area contributed by atoms with Gasteiger partial charge in [0.1, 0.15) is 48.6 Å². The van der Waals surface area contributed by atoms with Crippen LogP contribution in [0.15, 0.2) is 30.5 Å². The van der Waals surface area contributed by atoms with Crippen LogP contribution in [0.25, 0.3) is 0 Å². The molecule has 19 atom stereocenters. The van der Waals surface area contributed by atoms with Gasteiger partial charge in [-0.3, -0.25) is 9.59 Å². The second-order valence-electron chi connectivity index (χ2n) is 22.2. The van der Waals surface area contributed by atoms with Crippen molar-refractivity contribution in [2.24, 2.45) is 17.8 Å². The van der Waals surface area contributed by atoms with E-state index in [1.54, 1.807) is 65.1 Å². The van der Waals surface area contributed by atoms with Crippen molar-refractivity contribution < 1.29 is 67.6 Å². The predicted octanol–water partition coefficient (Wildman–Crippen LogP) is 5.21. The molecule has 3 fully saturated rings. The molecule has 0 aliphatic carbocycles. The van der Waals surface area contributed by atoms with E-state index in [1.807, 2.05) is 46.7 Å². The number of likely N-dealkylation sites (N-methyl/N-ethyl adjacent to an activating group) is 2. The molecule has 1 amide bonds. The Morgan fingerprint density at radius 3 is 2.28 bits per heavy atom. The first-order valence-corrected chi connectivity index (χ1v) is 26.8. The minimum absolute atomic E-state index is 0.0366. The lowest BCUT2D eigenvalue weighted by atomic mass is 9.77. The minimum atomic E-state index is -1.83. The molecule has 3 saturated heterocycles. The van der Waals surface area contributed by atoms with E-state index in [2.05, 4.69) is 20.5 Å². The highest BCUT2D eigenvalue weighted by atomic mass is 35.5. The molecule has 0 spiro atoms. The molecule has 3 aliphatic rings. The summed E-state index contributed by atoms with van der Waals surface area (Å²) < 4.78 is 60.7. The Morgan fingerprint density at radius 1 is 1.00 bits per heavy atom. The Hall–Kier alpha value is -2.96. The van der Waals surface area contributed by atoms with Gasteiger partial charge in [0.05, 0.1) is 47.2 Å². The number of benzene rings is 1. The van der Waals surface area contributed by atoms with Crippen molar-refractivity contribution in [3.8, 4) is 0 Å². The average Bonchev–Trinajstić information content (AvgIpc) is 3.83. The summed E-state index contributed by atoms with van der Waals surface area (Å²) >= 11 is 5.64. The predicted molar refractivity (Wildman–Crippen MR) is 276 cm³/mol. The number of methoxy groups -OCH3 is 2. The number of esters is 1. The number of amides is 1. The molecule has 422 valence electrons. The number of nitrogens with zero attached hydrogens (tertiary/aromatic N) is 5. The van der Waals surface area contributed by atoms with Gasteiger partial charge in [-0.05, 0) is 105 Å². The third-order valence-corrected chi connectivity index (χ3v) is 16.3. The molecule has 0 radical (unpaired) electrons. The van der Waals surface area contributed by atoms with Gasteiger partial charge in [0.15, 0.2) is 12.6 Å². The second kappa shape index (κ2) is 26.6. The van der Waals surface area contributed by atoms with Crippen LogP contribution >= 0.6 is 11.6 Å². The highest BCUT2D eigenvalue weighted by Crippen LogP contribution is 2.40. The zero-order valence-electron chi connectivity index (χ0n) is 46.2. The van der Waals surface area contributed by atoms with Crippen molar-refractivity contribution in [1.29, 1.82) is 0 Å². The van der Waals surface area contributed by atoms with Gasteiger partial charge in [-0.2, -0.15) is 0 Å². The van der Waals surface area contributed by atoms with Crippen molar-refractivity contribution >= 4 is 29.2 Å². The third-order valence-electron chi connectivity index (χ3n) is 16.0. The normalized spacial score (nSPS) is 38.1. The van der Waals surface area contributed by atoms with Crippen LogP contribution in [-0.4, -0.2) is 195 Å². The number of hydrogen-bond acceptors (Lipinski definition) is 17. The van der Waals surface area contributed by atoms with E-state index in [4.69, 9.17) is 44.8 Å². The van der Waals surface area contributed by atoms with Gasteiger partial charge in [-0.25, -0.2) is 9.07 Å². The quantitative estimate of drug-likeness (QED) is 0.101. The standard InChI is InChI=1S/C53H88ClFN6O13/c1-15-41-53(10,67)47(63)34(6)60(12)28-30(2)24-51(8,66)49(32(4)45(33(5)50(65)72-41)73-44-25-52(9,69-14)48(64)35(7)71-44)74-43-23-39(22-31(3)70-43)59(11)21-20-38-29-61(58-57-38)40(27-55)46(68-13)36-16-18-37(19-17-36)56-42(62)26-54/h16-19,29-35,39-41,43-49,63-64,66-67H,15,20-28H2,1-14H3,(H,56,62)/t30-,31-,32+,33-,34-,35+,39+,40-,41-,43+,44+,45+,46-,47-,48+,49-,51-,52-,53-/m1/s1. The lowest BCUT2D eigenvalue weighted by Gasteiger charge is -2.48. The van der Waals surface area contributed by atoms with E-state index >= 15 is 0 Å². The van der Waals surface area contributed by atoms with E-state index in [9.17, 15) is 34.4 Å². The summed E-state index contributed by atoms with van der Waals surface area (Å²) in [5.41, 5.74) is -2.53. The number of aliphatic hydroxyl groups excluding tert-OH is 2. The van der Waals surface area contributed by atoms with Crippen LogP contribution in [0, 0.1) is 17.8 Å². The third kappa shape index (κ3) is 15.0. The first-order chi connectivity index (χ1) is 34.7. The molecule has 5 rings (SSSR count). The van der Waals surface area contributed by atoms with Gasteiger partial charge >= 0.3 is 5.97 Å². The molecule has 0 unspecified atom stereocenters. The molecule has 1 aromatic carbocycles. The number of aliphatic hydroxyl groups is 4. The zero-order valence-corrected chi connectivity index (χ0v) is 46.9. The minimum Gasteiger partial charge on any atom is -0.459 e. The number of alkyl halides is 2. The molecule has 0 saturated carbocycles. The van der Waals surface area contributed by atoms with Gasteiger partial charge in [0.2, 0.25) is 5.91 Å². The summed E-state index contributed by atoms with van der Waals surface area (Å²) in [5.74, 6) is -3.13. The molecule has 5 N–H and O–H groups in total. The summed E-state index contributed by atoms with van der Waals surface area (Å²) in [6, 6.07) is 5.51. The molecule has 2 aromatic rings. The fraction of sp³-hybridized carbons (Fsp3) is 0.811. The summed E-state index contributed by atoms with van der Waals surface area (Å²) in [6.45, 7) is 18.0. The van der Waals surface area contributed by atoms with Gasteiger partial charge < -0.3 is 68.7 Å². The lowest BCUT2D eigenvalue weighted by molar-refractivity contribution is -0.308. The van der Waals surface area contributed by atoms with Crippen molar-refractivity contribution in [3.63, 3.8) is 0 Å². The maximum absolute atomic E-state index is 14.8. The number of nitrogens with one attached hydrogen (secondary N) is 1. The molecule has 4 heterocycles. The zero-order chi connectivity index (χ0) is 55.0.